The van der Waals surface area contributed by atoms with Crippen molar-refractivity contribution in [3.8, 4) is 0 Å². The van der Waals surface area contributed by atoms with Crippen LogP contribution in [0.3, 0.4) is 0 Å². The van der Waals surface area contributed by atoms with Crippen molar-refractivity contribution < 1.29 is 21.9 Å². The number of hydrogen-bond donors (Lipinski definition) is 3. The lowest BCUT2D eigenvalue weighted by atomic mass is 10.3. The number of anilines is 1. The first kappa shape index (κ1) is 17.9. The molecule has 21 heavy (non-hydrogen) atoms. The van der Waals surface area contributed by atoms with Gasteiger partial charge in [-0.3, -0.25) is 5.84 Å². The summed E-state index contributed by atoms with van der Waals surface area (Å²) in [5.74, 6) is 5.28. The SMILES string of the molecule is CC(CO)N(C)S(=O)(=O)c1cc(S(C)(=O)=O)ccc1NN. The minimum atomic E-state index is -4.01. The Morgan fingerprint density at radius 3 is 2.33 bits per heavy atom. The van der Waals surface area contributed by atoms with Gasteiger partial charge in [-0.05, 0) is 25.1 Å². The fourth-order valence-electron chi connectivity index (χ4n) is 1.57. The standard InChI is InChI=1S/C11H19N3O5S2/c1-8(7-15)14(2)21(18,19)11-6-9(20(3,16)17)4-5-10(11)13-12/h4-6,8,13,15H,7,12H2,1-3H3. The van der Waals surface area contributed by atoms with Crippen LogP contribution in [-0.2, 0) is 19.9 Å². The molecule has 0 saturated heterocycles. The molecule has 120 valence electrons. The maximum atomic E-state index is 12.5. The molecule has 1 unspecified atom stereocenters. The van der Waals surface area contributed by atoms with Gasteiger partial charge in [0.05, 0.1) is 17.2 Å². The molecule has 10 heteroatoms. The molecule has 8 nitrogen and oxygen atoms in total. The van der Waals surface area contributed by atoms with Crippen molar-refractivity contribution >= 4 is 25.5 Å². The summed E-state index contributed by atoms with van der Waals surface area (Å²) in [6.07, 6.45) is 0.980. The number of nitrogens with two attached hydrogens (primary N) is 1. The van der Waals surface area contributed by atoms with Gasteiger partial charge in [0.2, 0.25) is 10.0 Å². The predicted octanol–water partition coefficient (Wildman–Crippen LogP) is -0.623. The molecule has 0 saturated carbocycles. The van der Waals surface area contributed by atoms with E-state index in [4.69, 9.17) is 10.9 Å². The fourth-order valence-corrected chi connectivity index (χ4v) is 3.83. The van der Waals surface area contributed by atoms with Crippen molar-refractivity contribution in [1.82, 2.24) is 4.31 Å². The molecular weight excluding hydrogens is 318 g/mol. The Balaban J connectivity index is 3.53. The van der Waals surface area contributed by atoms with Crippen LogP contribution in [-0.4, -0.2) is 52.2 Å². The molecule has 0 heterocycles. The fraction of sp³-hybridized carbons (Fsp3) is 0.455. The minimum absolute atomic E-state index is 0.0689. The molecule has 1 rings (SSSR count). The van der Waals surface area contributed by atoms with Crippen LogP contribution >= 0.6 is 0 Å². The molecule has 0 aliphatic rings. The number of rotatable bonds is 6. The van der Waals surface area contributed by atoms with Crippen molar-refractivity contribution in [2.24, 2.45) is 5.84 Å². The van der Waals surface area contributed by atoms with Gasteiger partial charge in [-0.25, -0.2) is 16.8 Å². The predicted molar refractivity (Wildman–Crippen MR) is 78.9 cm³/mol. The summed E-state index contributed by atoms with van der Waals surface area (Å²) in [5, 5.41) is 9.08. The van der Waals surface area contributed by atoms with Crippen molar-refractivity contribution in [2.75, 3.05) is 25.3 Å². The number of benzene rings is 1. The van der Waals surface area contributed by atoms with E-state index in [0.29, 0.717) is 0 Å². The van der Waals surface area contributed by atoms with Crippen LogP contribution in [0.5, 0.6) is 0 Å². The first-order valence-corrected chi connectivity index (χ1v) is 9.28. The quantitative estimate of drug-likeness (QED) is 0.466. The molecule has 0 spiro atoms. The second-order valence-corrected chi connectivity index (χ2v) is 8.61. The number of sulfonamides is 1. The zero-order chi connectivity index (χ0) is 16.4. The van der Waals surface area contributed by atoms with E-state index in [2.05, 4.69) is 5.43 Å². The van der Waals surface area contributed by atoms with Gasteiger partial charge in [-0.2, -0.15) is 4.31 Å². The van der Waals surface area contributed by atoms with Gasteiger partial charge in [-0.15, -0.1) is 0 Å². The molecule has 1 aromatic carbocycles. The number of likely N-dealkylation sites (N-methyl/N-ethyl adjacent to an activating group) is 1. The van der Waals surface area contributed by atoms with Crippen LogP contribution in [0.15, 0.2) is 28.0 Å². The van der Waals surface area contributed by atoms with Crippen LogP contribution in [0.1, 0.15) is 6.92 Å². The summed E-state index contributed by atoms with van der Waals surface area (Å²) >= 11 is 0. The Bertz CT molecular complexity index is 715. The van der Waals surface area contributed by atoms with Crippen molar-refractivity contribution in [2.45, 2.75) is 22.8 Å². The highest BCUT2D eigenvalue weighted by Crippen LogP contribution is 2.27. The van der Waals surface area contributed by atoms with Gasteiger partial charge in [0.25, 0.3) is 0 Å². The third kappa shape index (κ3) is 3.71. The number of nitrogens with one attached hydrogen (secondary N) is 1. The maximum absolute atomic E-state index is 12.5. The van der Waals surface area contributed by atoms with E-state index in [1.165, 1.54) is 26.1 Å². The van der Waals surface area contributed by atoms with E-state index in [1.54, 1.807) is 0 Å². The zero-order valence-corrected chi connectivity index (χ0v) is 13.6. The van der Waals surface area contributed by atoms with Crippen molar-refractivity contribution in [1.29, 1.82) is 0 Å². The molecule has 1 aromatic rings. The van der Waals surface area contributed by atoms with Gasteiger partial charge >= 0.3 is 0 Å². The van der Waals surface area contributed by atoms with Crippen LogP contribution in [0.2, 0.25) is 0 Å². The highest BCUT2D eigenvalue weighted by Gasteiger charge is 2.28. The summed E-state index contributed by atoms with van der Waals surface area (Å²) in [5.41, 5.74) is 2.30. The van der Waals surface area contributed by atoms with Crippen LogP contribution in [0, 0.1) is 0 Å². The Kier molecular flexibility index (Phi) is 5.34. The molecule has 0 bridgehead atoms. The molecule has 1 atom stereocenters. The highest BCUT2D eigenvalue weighted by molar-refractivity contribution is 7.91. The smallest absolute Gasteiger partial charge is 0.245 e. The molecule has 0 amide bonds. The first-order valence-electron chi connectivity index (χ1n) is 5.95. The molecule has 0 radical (unpaired) electrons. The number of nitrogen functional groups attached to an aromatic ring is 1. The lowest BCUT2D eigenvalue weighted by Crippen LogP contribution is -2.37. The summed E-state index contributed by atoms with van der Waals surface area (Å²) in [6.45, 7) is 1.15. The average Bonchev–Trinajstić information content (AvgIpc) is 2.43. The molecule has 4 N–H and O–H groups in total. The normalized spacial score (nSPS) is 14.2. The molecule has 0 aliphatic carbocycles. The average molecular weight is 337 g/mol. The molecular formula is C11H19N3O5S2. The van der Waals surface area contributed by atoms with Crippen LogP contribution in [0.4, 0.5) is 5.69 Å². The molecule has 0 fully saturated rings. The van der Waals surface area contributed by atoms with Gasteiger partial charge < -0.3 is 10.5 Å². The van der Waals surface area contributed by atoms with E-state index in [0.717, 1.165) is 16.6 Å². The number of aliphatic hydroxyl groups excluding tert-OH is 1. The molecule has 0 aromatic heterocycles. The number of hydrogen-bond acceptors (Lipinski definition) is 7. The van der Waals surface area contributed by atoms with Crippen LogP contribution in [0.25, 0.3) is 0 Å². The second kappa shape index (κ2) is 6.28. The summed E-state index contributed by atoms with van der Waals surface area (Å²) in [7, 11) is -6.28. The third-order valence-electron chi connectivity index (χ3n) is 3.08. The van der Waals surface area contributed by atoms with E-state index >= 15 is 0 Å². The Morgan fingerprint density at radius 1 is 1.33 bits per heavy atom. The first-order chi connectivity index (χ1) is 9.55. The maximum Gasteiger partial charge on any atom is 0.245 e. The summed E-state index contributed by atoms with van der Waals surface area (Å²) < 4.78 is 49.1. The summed E-state index contributed by atoms with van der Waals surface area (Å²) in [6, 6.07) is 2.92. The Hall–Kier alpha value is -1.20. The lowest BCUT2D eigenvalue weighted by molar-refractivity contribution is 0.214. The number of aliphatic hydroxyl groups is 1. The van der Waals surface area contributed by atoms with Crippen LogP contribution < -0.4 is 11.3 Å². The monoisotopic (exact) mass is 337 g/mol. The van der Waals surface area contributed by atoms with Crippen molar-refractivity contribution in [3.05, 3.63) is 18.2 Å². The lowest BCUT2D eigenvalue weighted by Gasteiger charge is -2.24. The third-order valence-corrected chi connectivity index (χ3v) is 6.20. The van der Waals surface area contributed by atoms with Crippen molar-refractivity contribution in [3.63, 3.8) is 0 Å². The topological polar surface area (TPSA) is 130 Å². The number of hydrazine groups is 1. The molecule has 0 aliphatic heterocycles. The highest BCUT2D eigenvalue weighted by atomic mass is 32.2. The number of nitrogens with zero attached hydrogens (tertiary/aromatic N) is 1. The van der Waals surface area contributed by atoms with Gasteiger partial charge in [0.1, 0.15) is 4.90 Å². The number of sulfone groups is 1. The minimum Gasteiger partial charge on any atom is -0.395 e. The van der Waals surface area contributed by atoms with E-state index in [1.807, 2.05) is 0 Å². The zero-order valence-electron chi connectivity index (χ0n) is 11.9. The second-order valence-electron chi connectivity index (χ2n) is 4.63. The largest absolute Gasteiger partial charge is 0.395 e. The van der Waals surface area contributed by atoms with Gasteiger partial charge in [-0.1, -0.05) is 0 Å². The van der Waals surface area contributed by atoms with E-state index in [9.17, 15) is 16.8 Å². The Labute approximate surface area is 124 Å². The van der Waals surface area contributed by atoms with E-state index in [-0.39, 0.29) is 22.1 Å². The van der Waals surface area contributed by atoms with Gasteiger partial charge in [0.15, 0.2) is 9.84 Å². The Morgan fingerprint density at radius 2 is 1.90 bits per heavy atom. The summed E-state index contributed by atoms with van der Waals surface area (Å²) in [4.78, 5) is -0.402. The van der Waals surface area contributed by atoms with E-state index < -0.39 is 25.9 Å². The van der Waals surface area contributed by atoms with Gasteiger partial charge in [0, 0.05) is 19.3 Å².